The van der Waals surface area contributed by atoms with E-state index in [1.807, 2.05) is 36.4 Å². The summed E-state index contributed by atoms with van der Waals surface area (Å²) in [5, 5.41) is 3.56. The first-order chi connectivity index (χ1) is 12.2. The Bertz CT molecular complexity index is 734. The van der Waals surface area contributed by atoms with Crippen LogP contribution in [0.1, 0.15) is 48.7 Å². The quantitative estimate of drug-likeness (QED) is 0.860. The third-order valence-corrected chi connectivity index (χ3v) is 5.17. The van der Waals surface area contributed by atoms with E-state index in [1.165, 1.54) is 19.3 Å². The van der Waals surface area contributed by atoms with E-state index in [0.717, 1.165) is 24.2 Å². The molecule has 2 heterocycles. The maximum Gasteiger partial charge on any atom is 0.270 e. The fourth-order valence-electron chi connectivity index (χ4n) is 3.39. The average Bonchev–Trinajstić information content (AvgIpc) is 2.67. The van der Waals surface area contributed by atoms with Gasteiger partial charge in [-0.2, -0.15) is 0 Å². The number of nitrogens with zero attached hydrogens (tertiary/aromatic N) is 2. The molecule has 0 radical (unpaired) electrons. The van der Waals surface area contributed by atoms with Crippen LogP contribution < -0.4 is 10.2 Å². The first kappa shape index (κ1) is 17.7. The van der Waals surface area contributed by atoms with Crippen molar-refractivity contribution in [1.82, 2.24) is 10.3 Å². The second kappa shape index (κ2) is 8.34. The molecule has 1 aliphatic heterocycles. The molecule has 1 unspecified atom stereocenters. The summed E-state index contributed by atoms with van der Waals surface area (Å²) in [6.07, 6.45) is 6.54. The zero-order valence-corrected chi connectivity index (χ0v) is 15.3. The monoisotopic (exact) mass is 357 g/mol. The number of carbonyl (C=O) groups excluding carboxylic acids is 1. The molecule has 2 aromatic rings. The molecule has 25 heavy (non-hydrogen) atoms. The molecule has 0 saturated carbocycles. The number of anilines is 1. The maximum absolute atomic E-state index is 12.5. The number of halogens is 1. The molecule has 4 nitrogen and oxygen atoms in total. The molecule has 1 N–H and O–H groups in total. The molecular weight excluding hydrogens is 334 g/mol. The van der Waals surface area contributed by atoms with Crippen LogP contribution in [0.2, 0.25) is 5.02 Å². The molecule has 0 aliphatic carbocycles. The van der Waals surface area contributed by atoms with E-state index in [0.29, 0.717) is 23.3 Å². The highest BCUT2D eigenvalue weighted by atomic mass is 35.5. The van der Waals surface area contributed by atoms with E-state index >= 15 is 0 Å². The normalized spacial score (nSPS) is 17.4. The van der Waals surface area contributed by atoms with E-state index < -0.39 is 0 Å². The molecule has 0 spiro atoms. The minimum Gasteiger partial charge on any atom is -0.368 e. The van der Waals surface area contributed by atoms with E-state index in [-0.39, 0.29) is 5.91 Å². The first-order valence-electron chi connectivity index (χ1n) is 8.93. The Morgan fingerprint density at radius 3 is 2.96 bits per heavy atom. The predicted molar refractivity (Wildman–Crippen MR) is 102 cm³/mol. The van der Waals surface area contributed by atoms with Crippen LogP contribution in [-0.4, -0.2) is 23.5 Å². The highest BCUT2D eigenvalue weighted by Gasteiger charge is 2.22. The van der Waals surface area contributed by atoms with Gasteiger partial charge in [-0.15, -0.1) is 0 Å². The topological polar surface area (TPSA) is 45.2 Å². The molecule has 132 valence electrons. The lowest BCUT2D eigenvalue weighted by Crippen LogP contribution is -2.39. The number of pyridine rings is 1. The van der Waals surface area contributed by atoms with Crippen molar-refractivity contribution in [2.75, 3.05) is 11.4 Å². The lowest BCUT2D eigenvalue weighted by molar-refractivity contribution is 0.0946. The molecule has 1 aromatic heterocycles. The summed E-state index contributed by atoms with van der Waals surface area (Å²) < 4.78 is 0. The smallest absolute Gasteiger partial charge is 0.270 e. The van der Waals surface area contributed by atoms with Crippen molar-refractivity contribution >= 4 is 23.2 Å². The van der Waals surface area contributed by atoms with Crippen LogP contribution in [0, 0.1) is 0 Å². The zero-order valence-electron chi connectivity index (χ0n) is 14.5. The van der Waals surface area contributed by atoms with Crippen molar-refractivity contribution in [2.24, 2.45) is 0 Å². The molecule has 1 atom stereocenters. The Labute approximate surface area is 154 Å². The summed E-state index contributed by atoms with van der Waals surface area (Å²) in [6.45, 7) is 3.66. The van der Waals surface area contributed by atoms with Crippen LogP contribution in [0.3, 0.4) is 0 Å². The van der Waals surface area contributed by atoms with E-state index in [4.69, 9.17) is 11.6 Å². The van der Waals surface area contributed by atoms with Gasteiger partial charge in [-0.1, -0.05) is 36.7 Å². The number of piperidine rings is 1. The molecule has 1 aromatic carbocycles. The number of rotatable bonds is 5. The van der Waals surface area contributed by atoms with Gasteiger partial charge in [0, 0.05) is 36.0 Å². The minimum atomic E-state index is -0.174. The summed E-state index contributed by atoms with van der Waals surface area (Å²) in [7, 11) is 0. The van der Waals surface area contributed by atoms with Crippen molar-refractivity contribution < 1.29 is 4.79 Å². The number of carbonyl (C=O) groups is 1. The standard InChI is InChI=1S/C20H24ClN3O/c1-2-16-8-5-6-12-24(16)17-10-11-22-19(13-17)20(25)23-14-15-7-3-4-9-18(15)21/h3-4,7,9-11,13,16H,2,5-6,8,12,14H2,1H3,(H,23,25). The van der Waals surface area contributed by atoms with Crippen LogP contribution in [0.15, 0.2) is 42.6 Å². The van der Waals surface area contributed by atoms with Gasteiger partial charge in [0.25, 0.3) is 5.91 Å². The van der Waals surface area contributed by atoms with Gasteiger partial charge in [-0.3, -0.25) is 9.78 Å². The fraction of sp³-hybridized carbons (Fsp3) is 0.400. The average molecular weight is 358 g/mol. The lowest BCUT2D eigenvalue weighted by atomic mass is 9.99. The molecule has 1 aliphatic rings. The zero-order chi connectivity index (χ0) is 17.6. The summed E-state index contributed by atoms with van der Waals surface area (Å²) in [5.41, 5.74) is 2.44. The number of hydrogen-bond donors (Lipinski definition) is 1. The number of benzene rings is 1. The number of aromatic nitrogens is 1. The van der Waals surface area contributed by atoms with Crippen molar-refractivity contribution in [2.45, 2.75) is 45.2 Å². The van der Waals surface area contributed by atoms with Crippen molar-refractivity contribution in [3.05, 3.63) is 58.9 Å². The van der Waals surface area contributed by atoms with Crippen molar-refractivity contribution in [3.8, 4) is 0 Å². The third-order valence-electron chi connectivity index (χ3n) is 4.80. The molecule has 5 heteroatoms. The number of nitrogens with one attached hydrogen (secondary N) is 1. The maximum atomic E-state index is 12.5. The fourth-order valence-corrected chi connectivity index (χ4v) is 3.60. The van der Waals surface area contributed by atoms with Gasteiger partial charge in [-0.25, -0.2) is 0 Å². The minimum absolute atomic E-state index is 0.174. The van der Waals surface area contributed by atoms with Gasteiger partial charge in [-0.05, 0) is 49.4 Å². The Kier molecular flexibility index (Phi) is 5.92. The van der Waals surface area contributed by atoms with Crippen molar-refractivity contribution in [1.29, 1.82) is 0 Å². The lowest BCUT2D eigenvalue weighted by Gasteiger charge is -2.37. The number of hydrogen-bond acceptors (Lipinski definition) is 3. The first-order valence-corrected chi connectivity index (χ1v) is 9.31. The van der Waals surface area contributed by atoms with E-state index in [9.17, 15) is 4.79 Å². The highest BCUT2D eigenvalue weighted by molar-refractivity contribution is 6.31. The summed E-state index contributed by atoms with van der Waals surface area (Å²) >= 11 is 6.14. The Morgan fingerprint density at radius 1 is 1.32 bits per heavy atom. The summed E-state index contributed by atoms with van der Waals surface area (Å²) in [6, 6.07) is 12.0. The molecular formula is C20H24ClN3O. The van der Waals surface area contributed by atoms with Gasteiger partial charge >= 0.3 is 0 Å². The Hall–Kier alpha value is -2.07. The van der Waals surface area contributed by atoms with Gasteiger partial charge in [0.2, 0.25) is 0 Å². The van der Waals surface area contributed by atoms with Gasteiger partial charge < -0.3 is 10.2 Å². The van der Waals surface area contributed by atoms with Crippen LogP contribution in [0.4, 0.5) is 5.69 Å². The SMILES string of the molecule is CCC1CCCCN1c1ccnc(C(=O)NCc2ccccc2Cl)c1. The highest BCUT2D eigenvalue weighted by Crippen LogP contribution is 2.26. The van der Waals surface area contributed by atoms with Gasteiger partial charge in [0.05, 0.1) is 0 Å². The van der Waals surface area contributed by atoms with Crippen LogP contribution in [0.5, 0.6) is 0 Å². The van der Waals surface area contributed by atoms with E-state index in [1.54, 1.807) is 6.20 Å². The Morgan fingerprint density at radius 2 is 2.16 bits per heavy atom. The van der Waals surface area contributed by atoms with Crippen LogP contribution in [0.25, 0.3) is 0 Å². The molecule has 3 rings (SSSR count). The largest absolute Gasteiger partial charge is 0.368 e. The van der Waals surface area contributed by atoms with Crippen LogP contribution in [-0.2, 0) is 6.54 Å². The second-order valence-electron chi connectivity index (χ2n) is 6.42. The molecule has 1 amide bonds. The molecule has 0 bridgehead atoms. The van der Waals surface area contributed by atoms with Gasteiger partial charge in [0.15, 0.2) is 0 Å². The predicted octanol–water partition coefficient (Wildman–Crippen LogP) is 4.43. The van der Waals surface area contributed by atoms with Crippen LogP contribution >= 0.6 is 11.6 Å². The second-order valence-corrected chi connectivity index (χ2v) is 6.83. The number of amides is 1. The van der Waals surface area contributed by atoms with E-state index in [2.05, 4.69) is 22.1 Å². The third kappa shape index (κ3) is 4.31. The summed E-state index contributed by atoms with van der Waals surface area (Å²) in [5.74, 6) is -0.174. The summed E-state index contributed by atoms with van der Waals surface area (Å²) in [4.78, 5) is 19.1. The molecule has 1 saturated heterocycles. The van der Waals surface area contributed by atoms with Gasteiger partial charge in [0.1, 0.15) is 5.69 Å². The van der Waals surface area contributed by atoms with Crippen molar-refractivity contribution in [3.63, 3.8) is 0 Å². The molecule has 1 fully saturated rings. The Balaban J connectivity index is 1.70.